The Labute approximate surface area is 156 Å². The Bertz CT molecular complexity index is 925. The number of carbonyl (C=O) groups is 1. The second-order valence-electron chi connectivity index (χ2n) is 5.94. The Kier molecular flexibility index (Phi) is 5.32. The summed E-state index contributed by atoms with van der Waals surface area (Å²) in [5.74, 6) is -0.135. The first kappa shape index (κ1) is 18.1. The van der Waals surface area contributed by atoms with Gasteiger partial charge < -0.3 is 4.90 Å². The molecule has 3 aromatic heterocycles. The minimum absolute atomic E-state index is 0.135. The number of amides is 1. The van der Waals surface area contributed by atoms with Crippen LogP contribution in [0.15, 0.2) is 46.8 Å². The molecule has 26 heavy (non-hydrogen) atoms. The van der Waals surface area contributed by atoms with Crippen molar-refractivity contribution in [2.45, 2.75) is 30.4 Å². The zero-order valence-electron chi connectivity index (χ0n) is 15.2. The van der Waals surface area contributed by atoms with Crippen molar-refractivity contribution in [3.63, 3.8) is 0 Å². The second-order valence-corrected chi connectivity index (χ2v) is 6.99. The molecule has 0 aliphatic carbocycles. The van der Waals surface area contributed by atoms with Gasteiger partial charge in [-0.15, -0.1) is 0 Å². The highest BCUT2D eigenvalue weighted by molar-refractivity contribution is 7.99. The highest BCUT2D eigenvalue weighted by Crippen LogP contribution is 2.24. The summed E-state index contributed by atoms with van der Waals surface area (Å²) >= 11 is 1.40. The Balaban J connectivity index is 1.76. The molecule has 3 heterocycles. The van der Waals surface area contributed by atoms with Gasteiger partial charge in [-0.05, 0) is 43.8 Å². The van der Waals surface area contributed by atoms with Crippen molar-refractivity contribution in [3.05, 3.63) is 59.4 Å². The Hall–Kier alpha value is -2.74. The normalized spacial score (nSPS) is 10.8. The van der Waals surface area contributed by atoms with Crippen molar-refractivity contribution in [2.24, 2.45) is 7.05 Å². The fraction of sp³-hybridized carbons (Fsp3) is 0.278. The van der Waals surface area contributed by atoms with Crippen molar-refractivity contribution in [1.29, 1.82) is 0 Å². The minimum Gasteiger partial charge on any atom is -0.336 e. The van der Waals surface area contributed by atoms with Gasteiger partial charge in [-0.25, -0.2) is 9.97 Å². The van der Waals surface area contributed by atoms with Gasteiger partial charge in [-0.1, -0.05) is 0 Å². The van der Waals surface area contributed by atoms with Gasteiger partial charge in [0.1, 0.15) is 5.69 Å². The SMILES string of the molecule is Cc1nn(C)c(C)c1CN(C)C(=O)c1cc(Sc2ncccn2)ccn1. The molecule has 0 fully saturated rings. The Morgan fingerprint density at radius 1 is 1.19 bits per heavy atom. The molecule has 0 aliphatic heterocycles. The molecule has 3 aromatic rings. The third kappa shape index (κ3) is 3.91. The Morgan fingerprint density at radius 3 is 2.58 bits per heavy atom. The van der Waals surface area contributed by atoms with E-state index in [0.717, 1.165) is 21.8 Å². The molecule has 0 aliphatic rings. The summed E-state index contributed by atoms with van der Waals surface area (Å²) in [5, 5.41) is 5.03. The Morgan fingerprint density at radius 2 is 1.92 bits per heavy atom. The van der Waals surface area contributed by atoms with E-state index in [9.17, 15) is 4.79 Å². The zero-order valence-corrected chi connectivity index (χ0v) is 16.0. The monoisotopic (exact) mass is 368 g/mol. The van der Waals surface area contributed by atoms with Gasteiger partial charge in [0.15, 0.2) is 5.16 Å². The van der Waals surface area contributed by atoms with Crippen LogP contribution >= 0.6 is 11.8 Å². The van der Waals surface area contributed by atoms with Crippen molar-refractivity contribution < 1.29 is 4.79 Å². The van der Waals surface area contributed by atoms with Crippen molar-refractivity contribution >= 4 is 17.7 Å². The molecule has 7 nitrogen and oxygen atoms in total. The van der Waals surface area contributed by atoms with Gasteiger partial charge in [0.25, 0.3) is 5.91 Å². The van der Waals surface area contributed by atoms with Gasteiger partial charge in [0, 0.05) is 55.4 Å². The maximum atomic E-state index is 12.8. The first-order valence-electron chi connectivity index (χ1n) is 8.11. The van der Waals surface area contributed by atoms with Crippen LogP contribution in [0.4, 0.5) is 0 Å². The lowest BCUT2D eigenvalue weighted by Crippen LogP contribution is -2.27. The van der Waals surface area contributed by atoms with E-state index >= 15 is 0 Å². The number of pyridine rings is 1. The maximum absolute atomic E-state index is 12.8. The van der Waals surface area contributed by atoms with E-state index in [-0.39, 0.29) is 5.91 Å². The van der Waals surface area contributed by atoms with E-state index in [1.54, 1.807) is 42.7 Å². The topological polar surface area (TPSA) is 76.8 Å². The number of carbonyl (C=O) groups excluding carboxylic acids is 1. The summed E-state index contributed by atoms with van der Waals surface area (Å²) in [4.78, 5) is 27.9. The van der Waals surface area contributed by atoms with Gasteiger partial charge in [-0.3, -0.25) is 14.5 Å². The number of hydrogen-bond donors (Lipinski definition) is 0. The summed E-state index contributed by atoms with van der Waals surface area (Å²) in [7, 11) is 3.68. The molecule has 1 amide bonds. The van der Waals surface area contributed by atoms with Crippen molar-refractivity contribution in [1.82, 2.24) is 29.6 Å². The van der Waals surface area contributed by atoms with Crippen LogP contribution in [0.25, 0.3) is 0 Å². The smallest absolute Gasteiger partial charge is 0.272 e. The molecule has 0 saturated carbocycles. The number of aromatic nitrogens is 5. The van der Waals surface area contributed by atoms with Crippen LogP contribution in [0, 0.1) is 13.8 Å². The van der Waals surface area contributed by atoms with Crippen LogP contribution in [-0.4, -0.2) is 42.6 Å². The van der Waals surface area contributed by atoms with Crippen molar-refractivity contribution in [2.75, 3.05) is 7.05 Å². The first-order chi connectivity index (χ1) is 12.5. The first-order valence-corrected chi connectivity index (χ1v) is 8.93. The molecule has 3 rings (SSSR count). The van der Waals surface area contributed by atoms with Gasteiger partial charge in [0.05, 0.1) is 5.69 Å². The third-order valence-electron chi connectivity index (χ3n) is 4.10. The second kappa shape index (κ2) is 7.65. The highest BCUT2D eigenvalue weighted by Gasteiger charge is 2.18. The lowest BCUT2D eigenvalue weighted by atomic mass is 10.2. The van der Waals surface area contributed by atoms with Crippen LogP contribution in [0.5, 0.6) is 0 Å². The van der Waals surface area contributed by atoms with Crippen LogP contribution in [-0.2, 0) is 13.6 Å². The molecule has 0 atom stereocenters. The summed E-state index contributed by atoms with van der Waals surface area (Å²) in [5.41, 5.74) is 3.45. The summed E-state index contributed by atoms with van der Waals surface area (Å²) < 4.78 is 1.83. The molecular formula is C18H20N6OS. The molecule has 0 unspecified atom stereocenters. The number of hydrogen-bond acceptors (Lipinski definition) is 6. The minimum atomic E-state index is -0.135. The lowest BCUT2D eigenvalue weighted by molar-refractivity contribution is 0.0778. The van der Waals surface area contributed by atoms with Crippen LogP contribution in [0.1, 0.15) is 27.4 Å². The predicted octanol–water partition coefficient (Wildman–Crippen LogP) is 2.65. The molecular weight excluding hydrogens is 348 g/mol. The van der Waals surface area contributed by atoms with E-state index in [2.05, 4.69) is 20.1 Å². The van der Waals surface area contributed by atoms with E-state index in [1.807, 2.05) is 31.6 Å². The summed E-state index contributed by atoms with van der Waals surface area (Å²) in [6.07, 6.45) is 5.01. The van der Waals surface area contributed by atoms with Crippen molar-refractivity contribution in [3.8, 4) is 0 Å². The van der Waals surface area contributed by atoms with Gasteiger partial charge in [0.2, 0.25) is 0 Å². The maximum Gasteiger partial charge on any atom is 0.272 e. The van der Waals surface area contributed by atoms with Gasteiger partial charge >= 0.3 is 0 Å². The standard InChI is InChI=1S/C18H20N6OS/c1-12-15(13(2)24(4)22-12)11-23(3)17(25)16-10-14(6-9-19-16)26-18-20-7-5-8-21-18/h5-10H,11H2,1-4H3. The quantitative estimate of drug-likeness (QED) is 0.645. The fourth-order valence-electron chi connectivity index (χ4n) is 2.59. The van der Waals surface area contributed by atoms with Crippen LogP contribution < -0.4 is 0 Å². The highest BCUT2D eigenvalue weighted by atomic mass is 32.2. The third-order valence-corrected chi connectivity index (χ3v) is 4.99. The largest absolute Gasteiger partial charge is 0.336 e. The zero-order chi connectivity index (χ0) is 18.7. The van der Waals surface area contributed by atoms with E-state index in [0.29, 0.717) is 17.4 Å². The van der Waals surface area contributed by atoms with E-state index in [1.165, 1.54) is 11.8 Å². The predicted molar refractivity (Wildman–Crippen MR) is 98.9 cm³/mol. The molecule has 0 radical (unpaired) electrons. The molecule has 8 heteroatoms. The summed E-state index contributed by atoms with van der Waals surface area (Å²) in [6, 6.07) is 5.37. The fourth-order valence-corrected chi connectivity index (χ4v) is 3.32. The van der Waals surface area contributed by atoms with E-state index in [4.69, 9.17) is 0 Å². The number of rotatable bonds is 5. The molecule has 0 bridgehead atoms. The number of nitrogens with zero attached hydrogens (tertiary/aromatic N) is 6. The van der Waals surface area contributed by atoms with Crippen LogP contribution in [0.2, 0.25) is 0 Å². The molecule has 0 aromatic carbocycles. The van der Waals surface area contributed by atoms with Crippen LogP contribution in [0.3, 0.4) is 0 Å². The average molecular weight is 368 g/mol. The molecule has 134 valence electrons. The molecule has 0 saturated heterocycles. The summed E-state index contributed by atoms with van der Waals surface area (Å²) in [6.45, 7) is 4.45. The number of aryl methyl sites for hydroxylation is 2. The van der Waals surface area contributed by atoms with E-state index < -0.39 is 0 Å². The molecule has 0 spiro atoms. The molecule has 0 N–H and O–H groups in total. The lowest BCUT2D eigenvalue weighted by Gasteiger charge is -2.17. The average Bonchev–Trinajstić information content (AvgIpc) is 2.88. The van der Waals surface area contributed by atoms with Gasteiger partial charge in [-0.2, -0.15) is 5.10 Å².